The number of carbonyl (C=O) groups is 2. The van der Waals surface area contributed by atoms with E-state index < -0.39 is 75.7 Å². The molecule has 0 aromatic rings. The fourth-order valence-electron chi connectivity index (χ4n) is 6.75. The van der Waals surface area contributed by atoms with Gasteiger partial charge in [-0.2, -0.15) is 0 Å². The van der Waals surface area contributed by atoms with Gasteiger partial charge in [0.2, 0.25) is 0 Å². The topological polar surface area (TPSA) is 210 Å². The Morgan fingerprint density at radius 2 is 0.911 bits per heavy atom. The van der Waals surface area contributed by atoms with Crippen molar-refractivity contribution in [2.24, 2.45) is 0 Å². The zero-order chi connectivity index (χ0) is 41.4. The molecule has 1 aliphatic rings. The third-order valence-corrected chi connectivity index (χ3v) is 11.3. The molecule has 1 saturated carbocycles. The molecular formula is C42H79O13P. The Balaban J connectivity index is 2.48. The first kappa shape index (κ1) is 52.6. The summed E-state index contributed by atoms with van der Waals surface area (Å²) in [5, 5.41) is 50.0. The quantitative estimate of drug-likeness (QED) is 0.0154. The molecular weight excluding hydrogens is 743 g/mol. The molecule has 0 radical (unpaired) electrons. The minimum absolute atomic E-state index is 0.0903. The Morgan fingerprint density at radius 1 is 0.536 bits per heavy atom. The van der Waals surface area contributed by atoms with Crippen LogP contribution in [0.1, 0.15) is 187 Å². The second kappa shape index (κ2) is 33.4. The fraction of sp³-hybridized carbons (Fsp3) is 0.905. The summed E-state index contributed by atoms with van der Waals surface area (Å²) in [6.07, 6.45) is 19.9. The Morgan fingerprint density at radius 3 is 1.38 bits per heavy atom. The largest absolute Gasteiger partial charge is 0.472 e. The van der Waals surface area contributed by atoms with E-state index in [1.165, 1.54) is 89.9 Å². The molecule has 6 N–H and O–H groups in total. The second-order valence-electron chi connectivity index (χ2n) is 15.6. The van der Waals surface area contributed by atoms with Crippen molar-refractivity contribution >= 4 is 19.8 Å². The lowest BCUT2D eigenvalue weighted by Crippen LogP contribution is -2.64. The van der Waals surface area contributed by atoms with E-state index in [2.05, 4.69) is 26.0 Å². The summed E-state index contributed by atoms with van der Waals surface area (Å²) in [6.45, 7) is 3.27. The summed E-state index contributed by atoms with van der Waals surface area (Å²) in [4.78, 5) is 35.6. The van der Waals surface area contributed by atoms with E-state index in [-0.39, 0.29) is 12.8 Å². The maximum atomic E-state index is 12.8. The van der Waals surface area contributed by atoms with Gasteiger partial charge in [0.25, 0.3) is 0 Å². The SMILES string of the molecule is CCCCCC/C=C\CCCCCCCC(=O)OC(COC(=O)CCCCCCCCCCCCCCCC)COP(=O)(O)OC1C(O)C(O)C(O)C(O)C1O. The average molecular weight is 823 g/mol. The van der Waals surface area contributed by atoms with Gasteiger partial charge in [-0.15, -0.1) is 0 Å². The molecule has 56 heavy (non-hydrogen) atoms. The monoisotopic (exact) mass is 823 g/mol. The number of carbonyl (C=O) groups excluding carboxylic acids is 2. The number of ether oxygens (including phenoxy) is 2. The zero-order valence-electron chi connectivity index (χ0n) is 34.7. The van der Waals surface area contributed by atoms with Gasteiger partial charge in [-0.3, -0.25) is 18.6 Å². The van der Waals surface area contributed by atoms with Crippen molar-refractivity contribution in [1.29, 1.82) is 0 Å². The normalized spacial score (nSPS) is 22.9. The van der Waals surface area contributed by atoms with Crippen LogP contribution < -0.4 is 0 Å². The van der Waals surface area contributed by atoms with E-state index >= 15 is 0 Å². The minimum Gasteiger partial charge on any atom is -0.462 e. The second-order valence-corrected chi connectivity index (χ2v) is 17.0. The molecule has 13 nitrogen and oxygen atoms in total. The van der Waals surface area contributed by atoms with E-state index in [0.29, 0.717) is 12.8 Å². The van der Waals surface area contributed by atoms with Crippen molar-refractivity contribution < 1.29 is 63.1 Å². The number of hydrogen-bond donors (Lipinski definition) is 6. The summed E-state index contributed by atoms with van der Waals surface area (Å²) >= 11 is 0. The van der Waals surface area contributed by atoms with Gasteiger partial charge in [-0.1, -0.05) is 148 Å². The number of aliphatic hydroxyl groups is 5. The van der Waals surface area contributed by atoms with Crippen LogP contribution in [0.15, 0.2) is 12.2 Å². The van der Waals surface area contributed by atoms with Crippen molar-refractivity contribution in [3.63, 3.8) is 0 Å². The summed E-state index contributed by atoms with van der Waals surface area (Å²) < 4.78 is 33.4. The van der Waals surface area contributed by atoms with Gasteiger partial charge in [0.05, 0.1) is 6.61 Å². The van der Waals surface area contributed by atoms with Gasteiger partial charge in [-0.05, 0) is 38.5 Å². The van der Waals surface area contributed by atoms with E-state index in [1.54, 1.807) is 0 Å². The first-order valence-corrected chi connectivity index (χ1v) is 23.5. The van der Waals surface area contributed by atoms with Gasteiger partial charge in [-0.25, -0.2) is 4.57 Å². The molecule has 0 amide bonds. The Bertz CT molecular complexity index is 1040. The van der Waals surface area contributed by atoms with Crippen LogP contribution in [-0.4, -0.2) is 98.3 Å². The van der Waals surface area contributed by atoms with Crippen molar-refractivity contribution in [3.8, 4) is 0 Å². The molecule has 0 aromatic heterocycles. The number of phosphoric acid groups is 1. The lowest BCUT2D eigenvalue weighted by Gasteiger charge is -2.41. The first-order valence-electron chi connectivity index (χ1n) is 22.0. The molecule has 330 valence electrons. The smallest absolute Gasteiger partial charge is 0.462 e. The number of rotatable bonds is 36. The predicted molar refractivity (Wildman–Crippen MR) is 217 cm³/mol. The number of hydrogen-bond acceptors (Lipinski definition) is 12. The number of esters is 2. The highest BCUT2D eigenvalue weighted by Crippen LogP contribution is 2.47. The number of phosphoric ester groups is 1. The number of unbranched alkanes of at least 4 members (excludes halogenated alkanes) is 22. The van der Waals surface area contributed by atoms with E-state index in [9.17, 15) is 44.6 Å². The third-order valence-electron chi connectivity index (χ3n) is 10.4. The standard InChI is InChI=1S/C42H79O13P/c1-3-5-7-9-11-13-15-17-19-20-22-24-26-28-30-35(43)52-32-34(33-53-56(50,51)55-42-40(48)38(46)37(45)39(47)41(42)49)54-36(44)31-29-27-25-23-21-18-16-14-12-10-8-6-4-2/h14,16,34,37-42,45-49H,3-13,15,17-33H2,1-2H3,(H,50,51)/b16-14-. The van der Waals surface area contributed by atoms with Gasteiger partial charge < -0.3 is 39.9 Å². The number of aliphatic hydroxyl groups excluding tert-OH is 5. The average Bonchev–Trinajstić information content (AvgIpc) is 3.18. The van der Waals surface area contributed by atoms with E-state index in [1.807, 2.05) is 0 Å². The maximum Gasteiger partial charge on any atom is 0.472 e. The van der Waals surface area contributed by atoms with Crippen molar-refractivity contribution in [2.45, 2.75) is 230 Å². The fourth-order valence-corrected chi connectivity index (χ4v) is 7.73. The Kier molecular flexibility index (Phi) is 31.4. The molecule has 14 heteroatoms. The van der Waals surface area contributed by atoms with Crippen LogP contribution >= 0.6 is 7.82 Å². The molecule has 1 rings (SSSR count). The molecule has 0 spiro atoms. The highest BCUT2D eigenvalue weighted by Gasteiger charge is 2.51. The van der Waals surface area contributed by atoms with Gasteiger partial charge in [0.15, 0.2) is 6.10 Å². The molecule has 0 aromatic carbocycles. The van der Waals surface area contributed by atoms with Crippen LogP contribution in [0.4, 0.5) is 0 Å². The van der Waals surface area contributed by atoms with Crippen molar-refractivity contribution in [3.05, 3.63) is 12.2 Å². The summed E-state index contributed by atoms with van der Waals surface area (Å²) in [7, 11) is -5.11. The summed E-state index contributed by atoms with van der Waals surface area (Å²) in [5.41, 5.74) is 0. The van der Waals surface area contributed by atoms with Crippen LogP contribution in [-0.2, 0) is 32.7 Å². The first-order chi connectivity index (χ1) is 26.9. The van der Waals surface area contributed by atoms with Crippen LogP contribution in [0.5, 0.6) is 0 Å². The maximum absolute atomic E-state index is 12.8. The molecule has 0 saturated heterocycles. The molecule has 6 unspecified atom stereocenters. The van der Waals surface area contributed by atoms with Crippen LogP contribution in [0.2, 0.25) is 0 Å². The van der Waals surface area contributed by atoms with Crippen LogP contribution in [0.3, 0.4) is 0 Å². The molecule has 0 heterocycles. The highest BCUT2D eigenvalue weighted by atomic mass is 31.2. The Labute approximate surface area is 337 Å². The van der Waals surface area contributed by atoms with E-state index in [4.69, 9.17) is 18.5 Å². The zero-order valence-corrected chi connectivity index (χ0v) is 35.6. The van der Waals surface area contributed by atoms with Gasteiger partial charge in [0, 0.05) is 12.8 Å². The van der Waals surface area contributed by atoms with Crippen LogP contribution in [0, 0.1) is 0 Å². The molecule has 1 fully saturated rings. The van der Waals surface area contributed by atoms with Crippen molar-refractivity contribution in [2.75, 3.05) is 13.2 Å². The summed E-state index contributed by atoms with van der Waals surface area (Å²) in [5.74, 6) is -1.10. The lowest BCUT2D eigenvalue weighted by atomic mass is 9.85. The van der Waals surface area contributed by atoms with Gasteiger partial charge >= 0.3 is 19.8 Å². The third kappa shape index (κ3) is 25.8. The molecule has 6 atom stereocenters. The van der Waals surface area contributed by atoms with Crippen LogP contribution in [0.25, 0.3) is 0 Å². The molecule has 0 aliphatic heterocycles. The lowest BCUT2D eigenvalue weighted by molar-refractivity contribution is -0.220. The van der Waals surface area contributed by atoms with E-state index in [0.717, 1.165) is 57.8 Å². The minimum atomic E-state index is -5.11. The van der Waals surface area contributed by atoms with Gasteiger partial charge in [0.1, 0.15) is 43.2 Å². The highest BCUT2D eigenvalue weighted by molar-refractivity contribution is 7.47. The molecule has 1 aliphatic carbocycles. The summed E-state index contributed by atoms with van der Waals surface area (Å²) in [6, 6.07) is 0. The number of allylic oxidation sites excluding steroid dienone is 2. The van der Waals surface area contributed by atoms with Crippen molar-refractivity contribution in [1.82, 2.24) is 0 Å². The predicted octanol–water partition coefficient (Wildman–Crippen LogP) is 7.89. The molecule has 0 bridgehead atoms. The Hall–Kier alpha value is -1.41.